The first-order valence-electron chi connectivity index (χ1n) is 11.6. The van der Waals surface area contributed by atoms with Gasteiger partial charge in [0, 0.05) is 38.5 Å². The molecular weight excluding hydrogens is 416 g/mol. The van der Waals surface area contributed by atoms with Gasteiger partial charge in [-0.25, -0.2) is 9.97 Å². The number of rotatable bonds is 5. The van der Waals surface area contributed by atoms with E-state index in [0.717, 1.165) is 18.4 Å². The zero-order chi connectivity index (χ0) is 22.6. The highest BCUT2D eigenvalue weighted by Crippen LogP contribution is 2.35. The summed E-state index contributed by atoms with van der Waals surface area (Å²) in [6.07, 6.45) is 6.33. The van der Waals surface area contributed by atoms with Crippen LogP contribution >= 0.6 is 0 Å². The molecule has 5 rings (SSSR count). The quantitative estimate of drug-likeness (QED) is 0.573. The predicted octanol–water partition coefficient (Wildman–Crippen LogP) is 4.37. The summed E-state index contributed by atoms with van der Waals surface area (Å²) in [5.41, 5.74) is 1.76. The fourth-order valence-electron chi connectivity index (χ4n) is 4.74. The molecule has 33 heavy (non-hydrogen) atoms. The van der Waals surface area contributed by atoms with E-state index < -0.39 is 0 Å². The van der Waals surface area contributed by atoms with Gasteiger partial charge in [-0.05, 0) is 18.4 Å². The van der Waals surface area contributed by atoms with Gasteiger partial charge in [0.1, 0.15) is 12.1 Å². The summed E-state index contributed by atoms with van der Waals surface area (Å²) in [5, 5.41) is 19.2. The van der Waals surface area contributed by atoms with E-state index in [1.807, 2.05) is 35.2 Å². The Kier molecular flexibility index (Phi) is 5.99. The van der Waals surface area contributed by atoms with Crippen LogP contribution in [0, 0.1) is 22.7 Å². The van der Waals surface area contributed by atoms with Crippen molar-refractivity contribution in [3.8, 4) is 12.1 Å². The SMILES string of the molecule is N#Cc1nc(Cc2ccccc2)oc1N1CCN(c2oc(C3CCCCC3)nc2C#N)CC1. The van der Waals surface area contributed by atoms with E-state index in [2.05, 4.69) is 27.0 Å². The van der Waals surface area contributed by atoms with Gasteiger partial charge in [-0.2, -0.15) is 10.5 Å². The molecule has 0 unspecified atom stereocenters. The van der Waals surface area contributed by atoms with Crippen LogP contribution in [-0.4, -0.2) is 36.1 Å². The Balaban J connectivity index is 1.28. The van der Waals surface area contributed by atoms with Crippen LogP contribution in [0.2, 0.25) is 0 Å². The van der Waals surface area contributed by atoms with Crippen LogP contribution in [-0.2, 0) is 6.42 Å². The topological polar surface area (TPSA) is 106 Å². The van der Waals surface area contributed by atoms with Gasteiger partial charge in [-0.15, -0.1) is 0 Å². The van der Waals surface area contributed by atoms with Crippen LogP contribution in [0.3, 0.4) is 0 Å². The van der Waals surface area contributed by atoms with Crippen molar-refractivity contribution in [2.45, 2.75) is 44.4 Å². The molecule has 0 atom stereocenters. The van der Waals surface area contributed by atoms with E-state index in [0.29, 0.717) is 73.5 Å². The smallest absolute Gasteiger partial charge is 0.234 e. The molecule has 3 aromatic rings. The predicted molar refractivity (Wildman–Crippen MR) is 122 cm³/mol. The molecule has 0 radical (unpaired) electrons. The molecule has 1 aromatic carbocycles. The summed E-state index contributed by atoms with van der Waals surface area (Å²) in [6.45, 7) is 2.57. The van der Waals surface area contributed by atoms with Gasteiger partial charge in [0.15, 0.2) is 0 Å². The lowest BCUT2D eigenvalue weighted by atomic mass is 9.89. The first-order valence-corrected chi connectivity index (χ1v) is 11.6. The number of nitrogens with zero attached hydrogens (tertiary/aromatic N) is 6. The molecule has 0 amide bonds. The zero-order valence-electron chi connectivity index (χ0n) is 18.5. The Labute approximate surface area is 193 Å². The molecule has 0 bridgehead atoms. The summed E-state index contributed by atoms with van der Waals surface area (Å²) in [4.78, 5) is 13.0. The van der Waals surface area contributed by atoms with Crippen molar-refractivity contribution in [2.24, 2.45) is 0 Å². The number of nitriles is 2. The maximum Gasteiger partial charge on any atom is 0.234 e. The van der Waals surface area contributed by atoms with Crippen LogP contribution < -0.4 is 9.80 Å². The molecule has 1 aliphatic heterocycles. The summed E-state index contributed by atoms with van der Waals surface area (Å²) in [7, 11) is 0. The number of aromatic nitrogens is 2. The van der Waals surface area contributed by atoms with E-state index in [4.69, 9.17) is 8.83 Å². The van der Waals surface area contributed by atoms with Gasteiger partial charge in [-0.1, -0.05) is 49.6 Å². The molecule has 8 nitrogen and oxygen atoms in total. The van der Waals surface area contributed by atoms with Crippen molar-refractivity contribution < 1.29 is 8.83 Å². The fraction of sp³-hybridized carbons (Fsp3) is 0.440. The van der Waals surface area contributed by atoms with Crippen molar-refractivity contribution >= 4 is 11.8 Å². The van der Waals surface area contributed by atoms with Crippen molar-refractivity contribution in [3.63, 3.8) is 0 Å². The average Bonchev–Trinajstić information content (AvgIpc) is 3.49. The van der Waals surface area contributed by atoms with Gasteiger partial charge in [0.25, 0.3) is 0 Å². The van der Waals surface area contributed by atoms with Gasteiger partial charge < -0.3 is 18.6 Å². The number of anilines is 2. The molecule has 8 heteroatoms. The maximum atomic E-state index is 9.61. The second-order valence-corrected chi connectivity index (χ2v) is 8.66. The molecule has 2 fully saturated rings. The Hall–Kier alpha value is -3.78. The van der Waals surface area contributed by atoms with E-state index in [1.165, 1.54) is 19.3 Å². The lowest BCUT2D eigenvalue weighted by Crippen LogP contribution is -2.46. The highest BCUT2D eigenvalue weighted by atomic mass is 16.4. The molecule has 1 saturated carbocycles. The Morgan fingerprint density at radius 1 is 0.818 bits per heavy atom. The van der Waals surface area contributed by atoms with E-state index >= 15 is 0 Å². The Morgan fingerprint density at radius 3 is 2.06 bits per heavy atom. The number of oxazole rings is 2. The molecule has 168 valence electrons. The number of hydrogen-bond acceptors (Lipinski definition) is 8. The van der Waals surface area contributed by atoms with Crippen molar-refractivity contribution in [1.82, 2.24) is 9.97 Å². The maximum absolute atomic E-state index is 9.61. The first-order chi connectivity index (χ1) is 16.2. The fourth-order valence-corrected chi connectivity index (χ4v) is 4.74. The largest absolute Gasteiger partial charge is 0.423 e. The van der Waals surface area contributed by atoms with Crippen LogP contribution in [0.1, 0.15) is 66.8 Å². The Bertz CT molecular complexity index is 1170. The molecule has 1 saturated heterocycles. The summed E-state index contributed by atoms with van der Waals surface area (Å²) < 4.78 is 12.1. The second kappa shape index (κ2) is 9.38. The average molecular weight is 443 g/mol. The second-order valence-electron chi connectivity index (χ2n) is 8.66. The van der Waals surface area contributed by atoms with Gasteiger partial charge in [0.05, 0.1) is 0 Å². The monoisotopic (exact) mass is 442 g/mol. The third kappa shape index (κ3) is 4.42. The first kappa shape index (κ1) is 21.1. The van der Waals surface area contributed by atoms with Gasteiger partial charge in [0.2, 0.25) is 34.9 Å². The third-order valence-corrected chi connectivity index (χ3v) is 6.50. The van der Waals surface area contributed by atoms with Gasteiger partial charge >= 0.3 is 0 Å². The lowest BCUT2D eigenvalue weighted by Gasteiger charge is -2.34. The molecule has 0 N–H and O–H groups in total. The van der Waals surface area contributed by atoms with Crippen molar-refractivity contribution in [1.29, 1.82) is 10.5 Å². The summed E-state index contributed by atoms with van der Waals surface area (Å²) >= 11 is 0. The standard InChI is InChI=1S/C25H26N6O2/c26-16-20-24(32-22(28-20)15-18-7-3-1-4-8-18)30-11-13-31(14-12-30)25-21(17-27)29-23(33-25)19-9-5-2-6-10-19/h1,3-4,7-8,19H,2,5-6,9-15H2. The van der Waals surface area contributed by atoms with E-state index in [-0.39, 0.29) is 0 Å². The highest BCUT2D eigenvalue weighted by molar-refractivity contribution is 5.53. The number of piperazine rings is 1. The molecule has 0 spiro atoms. The van der Waals surface area contributed by atoms with Crippen LogP contribution in [0.15, 0.2) is 39.2 Å². The van der Waals surface area contributed by atoms with E-state index in [1.54, 1.807) is 0 Å². The van der Waals surface area contributed by atoms with Crippen LogP contribution in [0.25, 0.3) is 0 Å². The highest BCUT2D eigenvalue weighted by Gasteiger charge is 2.29. The minimum Gasteiger partial charge on any atom is -0.423 e. The molecule has 1 aliphatic carbocycles. The molecule has 3 heterocycles. The molecule has 2 aliphatic rings. The summed E-state index contributed by atoms with van der Waals surface area (Å²) in [6, 6.07) is 14.3. The van der Waals surface area contributed by atoms with E-state index in [9.17, 15) is 10.5 Å². The lowest BCUT2D eigenvalue weighted by molar-refractivity contribution is 0.362. The third-order valence-electron chi connectivity index (χ3n) is 6.50. The zero-order valence-corrected chi connectivity index (χ0v) is 18.5. The minimum atomic E-state index is 0.311. The molecule has 2 aromatic heterocycles. The number of benzene rings is 1. The Morgan fingerprint density at radius 2 is 1.42 bits per heavy atom. The van der Waals surface area contributed by atoms with Crippen molar-refractivity contribution in [3.05, 3.63) is 59.1 Å². The normalized spacial score (nSPS) is 17.0. The number of hydrogen-bond donors (Lipinski definition) is 0. The molecular formula is C25H26N6O2. The van der Waals surface area contributed by atoms with Crippen LogP contribution in [0.4, 0.5) is 11.8 Å². The van der Waals surface area contributed by atoms with Gasteiger partial charge in [-0.3, -0.25) is 0 Å². The minimum absolute atomic E-state index is 0.311. The van der Waals surface area contributed by atoms with Crippen molar-refractivity contribution in [2.75, 3.05) is 36.0 Å². The summed E-state index contributed by atoms with van der Waals surface area (Å²) in [5.74, 6) is 2.64. The van der Waals surface area contributed by atoms with Crippen LogP contribution in [0.5, 0.6) is 0 Å².